The van der Waals surface area contributed by atoms with Crippen LogP contribution in [0.15, 0.2) is 34.7 Å². The predicted octanol–water partition coefficient (Wildman–Crippen LogP) is 3.89. The normalized spacial score (nSPS) is 12.0. The molecule has 0 spiro atoms. The van der Waals surface area contributed by atoms with Crippen LogP contribution in [0.2, 0.25) is 0 Å². The van der Waals surface area contributed by atoms with Crippen LogP contribution in [0.5, 0.6) is 0 Å². The molecule has 0 aliphatic heterocycles. The molecule has 2 rings (SSSR count). The van der Waals surface area contributed by atoms with E-state index in [9.17, 15) is 4.79 Å². The Hall–Kier alpha value is -1.52. The van der Waals surface area contributed by atoms with Crippen molar-refractivity contribution >= 4 is 29.3 Å². The Morgan fingerprint density at radius 3 is 2.73 bits per heavy atom. The van der Waals surface area contributed by atoms with Crippen molar-refractivity contribution in [2.24, 2.45) is 5.73 Å². The second kappa shape index (κ2) is 8.81. The average molecular weight is 325 g/mol. The number of nitrogens with two attached hydrogens (primary N) is 1. The van der Waals surface area contributed by atoms with Crippen molar-refractivity contribution in [2.45, 2.75) is 39.2 Å². The highest BCUT2D eigenvalue weighted by molar-refractivity contribution is 5.85. The van der Waals surface area contributed by atoms with E-state index in [1.54, 1.807) is 0 Å². The van der Waals surface area contributed by atoms with E-state index in [2.05, 4.69) is 6.92 Å². The standard InChI is InChI=1S/C17H24N2O2.ClH/c1-3-11-19(17(20)9-6-10-18)13(2)16-12-14-7-4-5-8-15(14)21-16;/h4-5,7-8,12-13H,3,6,9-11,18H2,1-2H3;1H. The molecule has 1 amide bonds. The summed E-state index contributed by atoms with van der Waals surface area (Å²) in [5.41, 5.74) is 6.37. The average Bonchev–Trinajstić information content (AvgIpc) is 2.93. The number of carbonyl (C=O) groups excluding carboxylic acids is 1. The van der Waals surface area contributed by atoms with E-state index >= 15 is 0 Å². The fourth-order valence-electron chi connectivity index (χ4n) is 2.53. The van der Waals surface area contributed by atoms with Gasteiger partial charge in [0.1, 0.15) is 11.3 Å². The van der Waals surface area contributed by atoms with Crippen LogP contribution in [0.25, 0.3) is 11.0 Å². The Labute approximate surface area is 138 Å². The van der Waals surface area contributed by atoms with Crippen LogP contribution < -0.4 is 5.73 Å². The largest absolute Gasteiger partial charge is 0.459 e. The number of carbonyl (C=O) groups is 1. The maximum absolute atomic E-state index is 12.4. The summed E-state index contributed by atoms with van der Waals surface area (Å²) in [6.45, 7) is 5.38. The van der Waals surface area contributed by atoms with Gasteiger partial charge in [-0.15, -0.1) is 12.4 Å². The van der Waals surface area contributed by atoms with Crippen molar-refractivity contribution < 1.29 is 9.21 Å². The van der Waals surface area contributed by atoms with Gasteiger partial charge in [0.25, 0.3) is 0 Å². The van der Waals surface area contributed by atoms with E-state index < -0.39 is 0 Å². The lowest BCUT2D eigenvalue weighted by Gasteiger charge is -2.27. The maximum Gasteiger partial charge on any atom is 0.223 e. The molecule has 4 nitrogen and oxygen atoms in total. The number of hydrogen-bond donors (Lipinski definition) is 1. The van der Waals surface area contributed by atoms with E-state index in [-0.39, 0.29) is 24.4 Å². The second-order valence-corrected chi connectivity index (χ2v) is 5.34. The summed E-state index contributed by atoms with van der Waals surface area (Å²) in [6, 6.07) is 9.89. The Bertz CT molecular complexity index is 564. The smallest absolute Gasteiger partial charge is 0.223 e. The van der Waals surface area contributed by atoms with Gasteiger partial charge in [-0.25, -0.2) is 0 Å². The summed E-state index contributed by atoms with van der Waals surface area (Å²) < 4.78 is 5.89. The Balaban J connectivity index is 0.00000242. The van der Waals surface area contributed by atoms with Gasteiger partial charge >= 0.3 is 0 Å². The van der Waals surface area contributed by atoms with Gasteiger partial charge in [-0.05, 0) is 38.4 Å². The van der Waals surface area contributed by atoms with E-state index in [1.165, 1.54) is 0 Å². The van der Waals surface area contributed by atoms with Crippen LogP contribution in [-0.4, -0.2) is 23.9 Å². The SMILES string of the molecule is CCCN(C(=O)CCCN)C(C)c1cc2ccccc2o1.Cl. The van der Waals surface area contributed by atoms with Crippen LogP contribution in [0.1, 0.15) is 44.9 Å². The lowest BCUT2D eigenvalue weighted by Crippen LogP contribution is -2.34. The number of halogens is 1. The van der Waals surface area contributed by atoms with Crippen molar-refractivity contribution in [3.05, 3.63) is 36.1 Å². The molecule has 122 valence electrons. The van der Waals surface area contributed by atoms with Gasteiger partial charge in [-0.3, -0.25) is 4.79 Å². The second-order valence-electron chi connectivity index (χ2n) is 5.34. The minimum absolute atomic E-state index is 0. The Morgan fingerprint density at radius 1 is 1.36 bits per heavy atom. The molecule has 1 atom stereocenters. The highest BCUT2D eigenvalue weighted by Crippen LogP contribution is 2.28. The van der Waals surface area contributed by atoms with Gasteiger partial charge in [0.15, 0.2) is 0 Å². The van der Waals surface area contributed by atoms with Crippen LogP contribution in [-0.2, 0) is 4.79 Å². The Kier molecular flexibility index (Phi) is 7.42. The molecule has 1 aromatic carbocycles. The zero-order valence-corrected chi connectivity index (χ0v) is 14.1. The van der Waals surface area contributed by atoms with Gasteiger partial charge in [0.05, 0.1) is 6.04 Å². The number of para-hydroxylation sites is 1. The number of amides is 1. The summed E-state index contributed by atoms with van der Waals surface area (Å²) in [5.74, 6) is 0.987. The van der Waals surface area contributed by atoms with Gasteiger partial charge in [-0.1, -0.05) is 25.1 Å². The summed E-state index contributed by atoms with van der Waals surface area (Å²) in [6.07, 6.45) is 2.16. The fourth-order valence-corrected chi connectivity index (χ4v) is 2.53. The molecule has 1 unspecified atom stereocenters. The third-order valence-corrected chi connectivity index (χ3v) is 3.70. The molecule has 1 heterocycles. The molecule has 0 fully saturated rings. The maximum atomic E-state index is 12.4. The molecule has 1 aromatic heterocycles. The van der Waals surface area contributed by atoms with Crippen LogP contribution in [0.3, 0.4) is 0 Å². The Morgan fingerprint density at radius 2 is 2.09 bits per heavy atom. The number of nitrogens with zero attached hydrogens (tertiary/aromatic N) is 1. The first-order valence-electron chi connectivity index (χ1n) is 7.65. The van der Waals surface area contributed by atoms with Crippen molar-refractivity contribution in [3.63, 3.8) is 0 Å². The quantitative estimate of drug-likeness (QED) is 0.840. The van der Waals surface area contributed by atoms with Crippen molar-refractivity contribution in [1.82, 2.24) is 4.90 Å². The zero-order chi connectivity index (χ0) is 15.2. The molecule has 22 heavy (non-hydrogen) atoms. The lowest BCUT2D eigenvalue weighted by molar-refractivity contribution is -0.133. The van der Waals surface area contributed by atoms with Gasteiger partial charge in [-0.2, -0.15) is 0 Å². The molecule has 0 aliphatic rings. The summed E-state index contributed by atoms with van der Waals surface area (Å²) >= 11 is 0. The van der Waals surface area contributed by atoms with Gasteiger partial charge < -0.3 is 15.1 Å². The van der Waals surface area contributed by atoms with E-state index in [1.807, 2.05) is 42.2 Å². The van der Waals surface area contributed by atoms with Crippen molar-refractivity contribution in [2.75, 3.05) is 13.1 Å². The van der Waals surface area contributed by atoms with Gasteiger partial charge in [0, 0.05) is 18.4 Å². The molecule has 0 saturated carbocycles. The molecule has 0 saturated heterocycles. The zero-order valence-electron chi connectivity index (χ0n) is 13.2. The van der Waals surface area contributed by atoms with E-state index in [0.717, 1.165) is 36.1 Å². The first kappa shape index (κ1) is 18.5. The molecule has 0 radical (unpaired) electrons. The van der Waals surface area contributed by atoms with Crippen LogP contribution >= 0.6 is 12.4 Å². The summed E-state index contributed by atoms with van der Waals surface area (Å²) in [5, 5.41) is 1.07. The summed E-state index contributed by atoms with van der Waals surface area (Å²) in [4.78, 5) is 14.2. The third-order valence-electron chi connectivity index (χ3n) is 3.70. The first-order valence-corrected chi connectivity index (χ1v) is 7.65. The minimum atomic E-state index is -0.0531. The molecule has 0 bridgehead atoms. The number of furan rings is 1. The molecular formula is C17H25ClN2O2. The number of hydrogen-bond acceptors (Lipinski definition) is 3. The highest BCUT2D eigenvalue weighted by atomic mass is 35.5. The third kappa shape index (κ3) is 4.24. The molecule has 0 aliphatic carbocycles. The van der Waals surface area contributed by atoms with E-state index in [0.29, 0.717) is 13.0 Å². The van der Waals surface area contributed by atoms with Crippen molar-refractivity contribution in [1.29, 1.82) is 0 Å². The number of fused-ring (bicyclic) bond motifs is 1. The van der Waals surface area contributed by atoms with Gasteiger partial charge in [0.2, 0.25) is 5.91 Å². The van der Waals surface area contributed by atoms with E-state index in [4.69, 9.17) is 10.2 Å². The topological polar surface area (TPSA) is 59.5 Å². The molecule has 2 aromatic rings. The van der Waals surface area contributed by atoms with Crippen LogP contribution in [0.4, 0.5) is 0 Å². The lowest BCUT2D eigenvalue weighted by atomic mass is 10.1. The molecule has 5 heteroatoms. The first-order chi connectivity index (χ1) is 10.2. The molecular weight excluding hydrogens is 300 g/mol. The van der Waals surface area contributed by atoms with Crippen molar-refractivity contribution in [3.8, 4) is 0 Å². The summed E-state index contributed by atoms with van der Waals surface area (Å²) in [7, 11) is 0. The monoisotopic (exact) mass is 324 g/mol. The highest BCUT2D eigenvalue weighted by Gasteiger charge is 2.23. The molecule has 2 N–H and O–H groups in total. The number of rotatable bonds is 7. The predicted molar refractivity (Wildman–Crippen MR) is 92.2 cm³/mol. The minimum Gasteiger partial charge on any atom is -0.459 e. The fraction of sp³-hybridized carbons (Fsp3) is 0.471. The number of benzene rings is 1. The van der Waals surface area contributed by atoms with Crippen LogP contribution in [0, 0.1) is 0 Å².